The molecule has 0 radical (unpaired) electrons. The Kier molecular flexibility index (Phi) is 2.04. The van der Waals surface area contributed by atoms with Crippen molar-refractivity contribution in [2.24, 2.45) is 0 Å². The molecular weight excluding hydrogens is 198 g/mol. The maximum atomic E-state index is 10.9. The number of hydrogen-bond donors (Lipinski definition) is 1. The molecule has 15 heavy (non-hydrogen) atoms. The van der Waals surface area contributed by atoms with Gasteiger partial charge in [0.1, 0.15) is 5.97 Å². The summed E-state index contributed by atoms with van der Waals surface area (Å²) in [6.07, 6.45) is 0. The van der Waals surface area contributed by atoms with Gasteiger partial charge in [-0.2, -0.15) is 0 Å². The van der Waals surface area contributed by atoms with E-state index in [1.54, 1.807) is 18.2 Å². The van der Waals surface area contributed by atoms with Crippen LogP contribution in [0.25, 0.3) is 0 Å². The number of rotatable bonds is 2. The zero-order chi connectivity index (χ0) is 11.1. The average molecular weight is 209 g/mol. The quantitative estimate of drug-likeness (QED) is 0.650. The Morgan fingerprint density at radius 3 is 2.80 bits per heavy atom. The SMILES string of the molecule is C[C@]([NH3+])(C(=O)[O-])c1ccc2c(c1)OCO2. The van der Waals surface area contributed by atoms with Crippen LogP contribution in [-0.4, -0.2) is 12.8 Å². The summed E-state index contributed by atoms with van der Waals surface area (Å²) in [5.41, 5.74) is 2.86. The maximum Gasteiger partial charge on any atom is 0.231 e. The molecule has 0 unspecified atom stereocenters. The van der Waals surface area contributed by atoms with Gasteiger partial charge in [-0.1, -0.05) is 0 Å². The number of ether oxygens (including phenoxy) is 2. The van der Waals surface area contributed by atoms with Crippen LogP contribution in [0, 0.1) is 0 Å². The summed E-state index contributed by atoms with van der Waals surface area (Å²) in [6, 6.07) is 4.94. The Morgan fingerprint density at radius 1 is 1.47 bits per heavy atom. The van der Waals surface area contributed by atoms with Crippen molar-refractivity contribution in [2.45, 2.75) is 12.5 Å². The third-order valence-electron chi connectivity index (χ3n) is 2.46. The van der Waals surface area contributed by atoms with E-state index in [0.29, 0.717) is 17.1 Å². The zero-order valence-electron chi connectivity index (χ0n) is 8.28. The van der Waals surface area contributed by atoms with Gasteiger partial charge in [0.05, 0.1) is 0 Å². The highest BCUT2D eigenvalue weighted by Crippen LogP contribution is 2.34. The van der Waals surface area contributed by atoms with Crippen LogP contribution in [0.4, 0.5) is 0 Å². The van der Waals surface area contributed by atoms with E-state index in [1.165, 1.54) is 6.92 Å². The molecule has 0 saturated carbocycles. The molecule has 1 aromatic rings. The molecule has 1 heterocycles. The van der Waals surface area contributed by atoms with Gasteiger partial charge in [0.15, 0.2) is 17.0 Å². The molecule has 0 bridgehead atoms. The summed E-state index contributed by atoms with van der Waals surface area (Å²) in [5, 5.41) is 10.9. The van der Waals surface area contributed by atoms with Gasteiger partial charge in [-0.05, 0) is 18.2 Å². The van der Waals surface area contributed by atoms with Crippen molar-refractivity contribution in [3.63, 3.8) is 0 Å². The number of quaternary nitrogens is 1. The fourth-order valence-electron chi connectivity index (χ4n) is 1.36. The summed E-state index contributed by atoms with van der Waals surface area (Å²) in [4.78, 5) is 10.9. The van der Waals surface area contributed by atoms with Gasteiger partial charge in [-0.15, -0.1) is 0 Å². The molecule has 0 amide bonds. The predicted octanol–water partition coefficient (Wildman–Crippen LogP) is -1.38. The predicted molar refractivity (Wildman–Crippen MR) is 47.8 cm³/mol. The van der Waals surface area contributed by atoms with Crippen molar-refractivity contribution in [3.8, 4) is 11.5 Å². The normalized spacial score (nSPS) is 17.2. The second-order valence-electron chi connectivity index (χ2n) is 3.69. The van der Waals surface area contributed by atoms with Crippen molar-refractivity contribution in [1.82, 2.24) is 0 Å². The summed E-state index contributed by atoms with van der Waals surface area (Å²) in [6.45, 7) is 1.65. The maximum absolute atomic E-state index is 10.9. The molecule has 1 aliphatic heterocycles. The lowest BCUT2D eigenvalue weighted by molar-refractivity contribution is -0.489. The first-order chi connectivity index (χ1) is 7.01. The minimum absolute atomic E-state index is 0.165. The summed E-state index contributed by atoms with van der Waals surface area (Å²) in [7, 11) is 0. The molecule has 0 saturated heterocycles. The van der Waals surface area contributed by atoms with Crippen molar-refractivity contribution in [2.75, 3.05) is 6.79 Å². The van der Waals surface area contributed by atoms with E-state index in [0.717, 1.165) is 0 Å². The molecule has 2 rings (SSSR count). The number of carbonyl (C=O) groups is 1. The largest absolute Gasteiger partial charge is 0.543 e. The smallest absolute Gasteiger partial charge is 0.231 e. The Morgan fingerprint density at radius 2 is 2.13 bits per heavy atom. The molecule has 0 aliphatic carbocycles. The monoisotopic (exact) mass is 209 g/mol. The third-order valence-corrected chi connectivity index (χ3v) is 2.46. The zero-order valence-corrected chi connectivity index (χ0v) is 8.28. The van der Waals surface area contributed by atoms with Crippen LogP contribution in [0.1, 0.15) is 12.5 Å². The fourth-order valence-corrected chi connectivity index (χ4v) is 1.36. The van der Waals surface area contributed by atoms with E-state index < -0.39 is 11.5 Å². The Balaban J connectivity index is 2.42. The van der Waals surface area contributed by atoms with Crippen LogP contribution in [0.5, 0.6) is 11.5 Å². The highest BCUT2D eigenvalue weighted by atomic mass is 16.7. The molecule has 5 nitrogen and oxygen atoms in total. The molecule has 1 atom stereocenters. The molecular formula is C10H11NO4. The van der Waals surface area contributed by atoms with Crippen molar-refractivity contribution >= 4 is 5.97 Å². The van der Waals surface area contributed by atoms with Crippen molar-refractivity contribution < 1.29 is 25.1 Å². The first kappa shape index (κ1) is 9.79. The first-order valence-corrected chi connectivity index (χ1v) is 4.49. The van der Waals surface area contributed by atoms with Gasteiger partial charge >= 0.3 is 0 Å². The van der Waals surface area contributed by atoms with E-state index >= 15 is 0 Å². The van der Waals surface area contributed by atoms with Crippen LogP contribution in [0.15, 0.2) is 18.2 Å². The van der Waals surface area contributed by atoms with Crippen LogP contribution < -0.4 is 20.3 Å². The van der Waals surface area contributed by atoms with E-state index in [4.69, 9.17) is 9.47 Å². The van der Waals surface area contributed by atoms with Gasteiger partial charge in [-0.3, -0.25) is 0 Å². The Hall–Kier alpha value is -1.75. The summed E-state index contributed by atoms with van der Waals surface area (Å²) >= 11 is 0. The number of fused-ring (bicyclic) bond motifs is 1. The number of hydrogen-bond acceptors (Lipinski definition) is 4. The highest BCUT2D eigenvalue weighted by molar-refractivity contribution is 5.76. The van der Waals surface area contributed by atoms with E-state index in [2.05, 4.69) is 5.73 Å². The Labute approximate surface area is 86.4 Å². The number of carboxylic acids is 1. The minimum Gasteiger partial charge on any atom is -0.543 e. The van der Waals surface area contributed by atoms with Crippen LogP contribution in [0.2, 0.25) is 0 Å². The van der Waals surface area contributed by atoms with Gasteiger partial charge in [0.25, 0.3) is 0 Å². The van der Waals surface area contributed by atoms with Gasteiger partial charge < -0.3 is 25.1 Å². The Bertz CT molecular complexity index is 414. The van der Waals surface area contributed by atoms with Crippen LogP contribution in [0.3, 0.4) is 0 Å². The average Bonchev–Trinajstić information content (AvgIpc) is 2.63. The number of carbonyl (C=O) groups excluding carboxylic acids is 1. The molecule has 0 spiro atoms. The number of carboxylic acid groups (broad SMARTS) is 1. The molecule has 5 heteroatoms. The molecule has 1 aromatic carbocycles. The fraction of sp³-hybridized carbons (Fsp3) is 0.300. The molecule has 3 N–H and O–H groups in total. The lowest BCUT2D eigenvalue weighted by atomic mass is 9.93. The second-order valence-corrected chi connectivity index (χ2v) is 3.69. The molecule has 0 fully saturated rings. The summed E-state index contributed by atoms with van der Waals surface area (Å²) < 4.78 is 10.3. The van der Waals surface area contributed by atoms with Gasteiger partial charge in [0, 0.05) is 12.5 Å². The topological polar surface area (TPSA) is 86.2 Å². The van der Waals surface area contributed by atoms with Gasteiger partial charge in [-0.25, -0.2) is 0 Å². The second kappa shape index (κ2) is 3.13. The van der Waals surface area contributed by atoms with Gasteiger partial charge in [0.2, 0.25) is 6.79 Å². The van der Waals surface area contributed by atoms with E-state index in [-0.39, 0.29) is 6.79 Å². The number of aliphatic carboxylic acids is 1. The molecule has 80 valence electrons. The van der Waals surface area contributed by atoms with Crippen LogP contribution >= 0.6 is 0 Å². The van der Waals surface area contributed by atoms with Crippen LogP contribution in [-0.2, 0) is 10.3 Å². The molecule has 1 aliphatic rings. The number of benzene rings is 1. The third kappa shape index (κ3) is 1.50. The van der Waals surface area contributed by atoms with E-state index in [9.17, 15) is 9.90 Å². The first-order valence-electron chi connectivity index (χ1n) is 4.49. The minimum atomic E-state index is -1.28. The van der Waals surface area contributed by atoms with Crippen molar-refractivity contribution in [1.29, 1.82) is 0 Å². The molecule has 0 aromatic heterocycles. The highest BCUT2D eigenvalue weighted by Gasteiger charge is 2.29. The lowest BCUT2D eigenvalue weighted by Crippen LogP contribution is -2.75. The lowest BCUT2D eigenvalue weighted by Gasteiger charge is -2.22. The summed E-state index contributed by atoms with van der Waals surface area (Å²) in [5.74, 6) is -0.0575. The van der Waals surface area contributed by atoms with E-state index in [1.807, 2.05) is 0 Å². The standard InChI is InChI=1S/C10H11NO4/c1-10(11,9(12)13)6-2-3-7-8(4-6)15-5-14-7/h2-4H,5,11H2,1H3,(H,12,13)/t10-/m1/s1. The van der Waals surface area contributed by atoms with Crippen molar-refractivity contribution in [3.05, 3.63) is 23.8 Å².